The molecule has 0 aliphatic carbocycles. The van der Waals surface area contributed by atoms with Gasteiger partial charge in [-0.25, -0.2) is 0 Å². The van der Waals surface area contributed by atoms with Crippen LogP contribution < -0.4 is 0 Å². The Bertz CT molecular complexity index is 1950. The number of benzene rings is 2. The van der Waals surface area contributed by atoms with E-state index in [0.29, 0.717) is 13.2 Å². The molecule has 2 atom stereocenters. The fourth-order valence-corrected chi connectivity index (χ4v) is 8.92. The van der Waals surface area contributed by atoms with Gasteiger partial charge in [-0.05, 0) is 84.1 Å². The molecule has 0 saturated carbocycles. The maximum atomic E-state index is 6.02. The maximum absolute atomic E-state index is 6.02. The van der Waals surface area contributed by atoms with Gasteiger partial charge in [0.2, 0.25) is 0 Å². The van der Waals surface area contributed by atoms with Crippen LogP contribution >= 0.6 is 38.6 Å². The highest BCUT2D eigenvalue weighted by Gasteiger charge is 2.29. The van der Waals surface area contributed by atoms with Gasteiger partial charge in [0, 0.05) is 11.1 Å². The van der Waals surface area contributed by atoms with E-state index in [9.17, 15) is 0 Å². The van der Waals surface area contributed by atoms with Gasteiger partial charge in [-0.1, -0.05) is 60.7 Å². The van der Waals surface area contributed by atoms with Crippen molar-refractivity contribution in [2.24, 2.45) is 0 Å². The smallest absolute Gasteiger partial charge is 0.167 e. The molecule has 0 unspecified atom stereocenters. The molecule has 2 aliphatic heterocycles. The first-order valence-corrected chi connectivity index (χ1v) is 17.4. The summed E-state index contributed by atoms with van der Waals surface area (Å²) in [6.07, 6.45) is 1.73. The fraction of sp³-hybridized carbons (Fsp3) is 0.294. The second kappa shape index (κ2) is 12.7. The second-order valence-electron chi connectivity index (χ2n) is 11.3. The topological polar surface area (TPSA) is 79.9 Å². The van der Waals surface area contributed by atoms with Gasteiger partial charge in [0.25, 0.3) is 0 Å². The van der Waals surface area contributed by atoms with Gasteiger partial charge in [-0.15, -0.1) is 43.1 Å². The Kier molecular flexibility index (Phi) is 8.54. The first-order chi connectivity index (χ1) is 21.9. The van der Waals surface area contributed by atoms with E-state index in [1.807, 2.05) is 33.8 Å². The lowest BCUT2D eigenvalue weighted by Gasteiger charge is -2.09. The van der Waals surface area contributed by atoms with Crippen LogP contribution in [0.1, 0.15) is 82.7 Å². The molecule has 8 rings (SSSR count). The van der Waals surface area contributed by atoms with E-state index in [1.165, 1.54) is 43.4 Å². The van der Waals surface area contributed by atoms with Crippen molar-refractivity contribution in [1.82, 2.24) is 29.5 Å². The summed E-state index contributed by atoms with van der Waals surface area (Å²) in [5, 5.41) is 21.7. The number of aromatic nitrogens is 6. The maximum Gasteiger partial charge on any atom is 0.167 e. The van der Waals surface area contributed by atoms with Crippen LogP contribution in [0.15, 0.2) is 69.8 Å². The van der Waals surface area contributed by atoms with Gasteiger partial charge in [-0.3, -0.25) is 9.13 Å². The third-order valence-corrected chi connectivity index (χ3v) is 11.3. The molecule has 45 heavy (non-hydrogen) atoms. The van der Waals surface area contributed by atoms with Gasteiger partial charge in [0.1, 0.15) is 33.9 Å². The van der Waals surface area contributed by atoms with Crippen LogP contribution in [-0.4, -0.2) is 29.5 Å². The predicted octanol–water partition coefficient (Wildman–Crippen LogP) is 8.40. The van der Waals surface area contributed by atoms with Crippen molar-refractivity contribution >= 4 is 38.6 Å². The minimum Gasteiger partial charge on any atom is -0.366 e. The largest absolute Gasteiger partial charge is 0.366 e. The zero-order valence-corrected chi connectivity index (χ0v) is 28.7. The highest BCUT2D eigenvalue weighted by Crippen LogP contribution is 2.42. The summed E-state index contributed by atoms with van der Waals surface area (Å²) in [6.45, 7) is 9.28. The Hall–Kier alpha value is -3.48. The SMILES string of the molecule is Cc1nnc2n1-c1sc(Br)c(Cc3ccccc3)c1CO[C@H]2C.Cc1nnc2n1-c1scc(Cc3ccccc3)c1CO[C@H]2C. The lowest BCUT2D eigenvalue weighted by molar-refractivity contribution is 0.0492. The van der Waals surface area contributed by atoms with E-state index in [-0.39, 0.29) is 12.2 Å². The number of fused-ring (bicyclic) bond motifs is 6. The van der Waals surface area contributed by atoms with Crippen LogP contribution in [-0.2, 0) is 35.5 Å². The number of nitrogens with zero attached hydrogens (tertiary/aromatic N) is 6. The van der Waals surface area contributed by atoms with Crippen molar-refractivity contribution < 1.29 is 9.47 Å². The third kappa shape index (κ3) is 5.83. The van der Waals surface area contributed by atoms with Crippen molar-refractivity contribution in [3.05, 3.63) is 127 Å². The Morgan fingerprint density at radius 2 is 1.27 bits per heavy atom. The highest BCUT2D eigenvalue weighted by atomic mass is 79.9. The normalized spacial score (nSPS) is 16.8. The lowest BCUT2D eigenvalue weighted by Crippen LogP contribution is -2.04. The number of thiophene rings is 2. The molecule has 230 valence electrons. The van der Waals surface area contributed by atoms with Crippen molar-refractivity contribution in [3.8, 4) is 10.0 Å². The van der Waals surface area contributed by atoms with Crippen LogP contribution in [0.5, 0.6) is 0 Å². The zero-order valence-electron chi connectivity index (χ0n) is 25.5. The molecule has 11 heteroatoms. The minimum atomic E-state index is -0.0563. The molecule has 4 aromatic heterocycles. The van der Waals surface area contributed by atoms with E-state index in [1.54, 1.807) is 22.7 Å². The summed E-state index contributed by atoms with van der Waals surface area (Å²) in [5.74, 6) is 3.59. The molecule has 0 bridgehead atoms. The first-order valence-electron chi connectivity index (χ1n) is 14.9. The average Bonchev–Trinajstić information content (AvgIpc) is 3.77. The zero-order chi connectivity index (χ0) is 31.1. The van der Waals surface area contributed by atoms with Gasteiger partial charge in [0.05, 0.1) is 17.0 Å². The van der Waals surface area contributed by atoms with E-state index in [0.717, 1.165) is 39.9 Å². The molecule has 2 aromatic carbocycles. The summed E-state index contributed by atoms with van der Waals surface area (Å²) in [6, 6.07) is 21.1. The average molecular weight is 702 g/mol. The van der Waals surface area contributed by atoms with Crippen molar-refractivity contribution in [1.29, 1.82) is 0 Å². The monoisotopic (exact) mass is 700 g/mol. The molecule has 0 amide bonds. The van der Waals surface area contributed by atoms with E-state index in [4.69, 9.17) is 9.47 Å². The number of aryl methyl sites for hydroxylation is 2. The second-order valence-corrected chi connectivity index (χ2v) is 14.5. The van der Waals surface area contributed by atoms with Gasteiger partial charge in [-0.2, -0.15) is 0 Å². The fourth-order valence-electron chi connectivity index (χ4n) is 5.83. The summed E-state index contributed by atoms with van der Waals surface area (Å²) in [5.41, 5.74) is 7.75. The van der Waals surface area contributed by atoms with Crippen LogP contribution in [0.3, 0.4) is 0 Å². The summed E-state index contributed by atoms with van der Waals surface area (Å²) >= 11 is 7.23. The van der Waals surface area contributed by atoms with Crippen LogP contribution in [0.25, 0.3) is 10.0 Å². The minimum absolute atomic E-state index is 0.0367. The number of ether oxygens (including phenoxy) is 2. The molecule has 6 aromatic rings. The van der Waals surface area contributed by atoms with Crippen molar-refractivity contribution in [2.75, 3.05) is 0 Å². The first kappa shape index (κ1) is 30.2. The van der Waals surface area contributed by atoms with Crippen LogP contribution in [0.2, 0.25) is 0 Å². The van der Waals surface area contributed by atoms with Gasteiger partial charge < -0.3 is 9.47 Å². The molecule has 8 nitrogen and oxygen atoms in total. The van der Waals surface area contributed by atoms with Gasteiger partial charge >= 0.3 is 0 Å². The highest BCUT2D eigenvalue weighted by molar-refractivity contribution is 9.11. The number of rotatable bonds is 4. The molecular weight excluding hydrogens is 668 g/mol. The molecule has 0 N–H and O–H groups in total. The van der Waals surface area contributed by atoms with Crippen LogP contribution in [0, 0.1) is 13.8 Å². The molecular formula is C34H33BrN6O2S2. The summed E-state index contributed by atoms with van der Waals surface area (Å²) < 4.78 is 17.4. The Morgan fingerprint density at radius 3 is 1.87 bits per heavy atom. The van der Waals surface area contributed by atoms with E-state index >= 15 is 0 Å². The summed E-state index contributed by atoms with van der Waals surface area (Å²) in [7, 11) is 0. The van der Waals surface area contributed by atoms with E-state index < -0.39 is 0 Å². The van der Waals surface area contributed by atoms with Crippen molar-refractivity contribution in [3.63, 3.8) is 0 Å². The quantitative estimate of drug-likeness (QED) is 0.184. The molecule has 0 spiro atoms. The molecule has 0 radical (unpaired) electrons. The number of hydrogen-bond donors (Lipinski definition) is 0. The Balaban J connectivity index is 0.000000145. The Morgan fingerprint density at radius 1 is 0.733 bits per heavy atom. The van der Waals surface area contributed by atoms with Crippen LogP contribution in [0.4, 0.5) is 0 Å². The summed E-state index contributed by atoms with van der Waals surface area (Å²) in [4.78, 5) is 0. The van der Waals surface area contributed by atoms with Crippen molar-refractivity contribution in [2.45, 2.75) is 66.0 Å². The number of halogens is 1. The standard InChI is InChI=1S/C17H16BrN3OS.C17H17N3OS/c1-10-16-20-19-11(2)21(16)17-14(9-22-10)13(15(18)23-17)8-12-6-4-3-5-7-12;1-11-16-19-18-12(2)20(16)17-15(9-21-11)14(10-22-17)8-13-6-4-3-5-7-13/h3-7,10H,8-9H2,1-2H3;3-7,10-11H,8-9H2,1-2H3/t10-;11-/m00/s1. The molecule has 0 fully saturated rings. The predicted molar refractivity (Wildman–Crippen MR) is 181 cm³/mol. The third-order valence-electron chi connectivity index (χ3n) is 8.25. The Labute approximate surface area is 278 Å². The lowest BCUT2D eigenvalue weighted by atomic mass is 10.0. The molecule has 0 saturated heterocycles. The molecule has 2 aliphatic rings. The van der Waals surface area contributed by atoms with Gasteiger partial charge in [0.15, 0.2) is 11.6 Å². The molecule has 6 heterocycles. The number of hydrogen-bond acceptors (Lipinski definition) is 8. The van der Waals surface area contributed by atoms with E-state index in [2.05, 4.69) is 105 Å².